The molecule has 21 heavy (non-hydrogen) atoms. The highest BCUT2D eigenvalue weighted by Crippen LogP contribution is 2.24. The van der Waals surface area contributed by atoms with Gasteiger partial charge in [0.25, 0.3) is 0 Å². The van der Waals surface area contributed by atoms with Crippen molar-refractivity contribution < 1.29 is 17.9 Å². The van der Waals surface area contributed by atoms with Crippen LogP contribution in [0.25, 0.3) is 0 Å². The first kappa shape index (κ1) is 15.3. The van der Waals surface area contributed by atoms with E-state index in [2.05, 4.69) is 14.8 Å². The number of alkyl halides is 3. The molecule has 0 amide bonds. The molecule has 5 nitrogen and oxygen atoms in total. The lowest BCUT2D eigenvalue weighted by atomic mass is 10.0. The first-order valence-corrected chi connectivity index (χ1v) is 6.37. The zero-order chi connectivity index (χ0) is 15.5. The molecule has 0 aliphatic rings. The number of ether oxygens (including phenoxy) is 1. The fourth-order valence-electron chi connectivity index (χ4n) is 1.94. The zero-order valence-electron chi connectivity index (χ0n) is 11.3. The summed E-state index contributed by atoms with van der Waals surface area (Å²) in [5.41, 5.74) is 6.75. The Labute approximate surface area is 119 Å². The van der Waals surface area contributed by atoms with Crippen molar-refractivity contribution in [3.05, 3.63) is 42.0 Å². The third-order valence-corrected chi connectivity index (χ3v) is 2.94. The first-order chi connectivity index (χ1) is 9.89. The van der Waals surface area contributed by atoms with Gasteiger partial charge in [-0.2, -0.15) is 5.10 Å². The van der Waals surface area contributed by atoms with Crippen molar-refractivity contribution in [2.24, 2.45) is 5.73 Å². The fraction of sp³-hybridized carbons (Fsp3) is 0.385. The largest absolute Gasteiger partial charge is 0.573 e. The normalized spacial score (nSPS) is 13.2. The van der Waals surface area contributed by atoms with E-state index in [1.54, 1.807) is 4.68 Å². The predicted octanol–water partition coefficient (Wildman–Crippen LogP) is 2.44. The molecule has 0 aliphatic heterocycles. The third-order valence-electron chi connectivity index (χ3n) is 2.94. The van der Waals surface area contributed by atoms with Crippen molar-refractivity contribution in [1.29, 1.82) is 0 Å². The van der Waals surface area contributed by atoms with Crippen LogP contribution in [-0.4, -0.2) is 21.1 Å². The van der Waals surface area contributed by atoms with Crippen molar-refractivity contribution in [3.63, 3.8) is 0 Å². The van der Waals surface area contributed by atoms with Gasteiger partial charge in [0.15, 0.2) is 0 Å². The van der Waals surface area contributed by atoms with Gasteiger partial charge in [-0.15, -0.1) is 13.2 Å². The van der Waals surface area contributed by atoms with E-state index >= 15 is 0 Å². The van der Waals surface area contributed by atoms with Gasteiger partial charge in [0.2, 0.25) is 0 Å². The van der Waals surface area contributed by atoms with E-state index in [1.165, 1.54) is 30.6 Å². The lowest BCUT2D eigenvalue weighted by Crippen LogP contribution is -2.18. The fourth-order valence-corrected chi connectivity index (χ4v) is 1.94. The van der Waals surface area contributed by atoms with Gasteiger partial charge in [0.05, 0.1) is 0 Å². The van der Waals surface area contributed by atoms with Crippen molar-refractivity contribution in [1.82, 2.24) is 14.8 Å². The van der Waals surface area contributed by atoms with Gasteiger partial charge in [-0.05, 0) is 24.6 Å². The molecule has 0 aliphatic carbocycles. The smallest absolute Gasteiger partial charge is 0.406 e. The molecule has 2 aromatic rings. The molecule has 0 bridgehead atoms. The van der Waals surface area contributed by atoms with E-state index in [9.17, 15) is 13.2 Å². The summed E-state index contributed by atoms with van der Waals surface area (Å²) < 4.78 is 41.7. The highest BCUT2D eigenvalue weighted by Gasteiger charge is 2.31. The van der Waals surface area contributed by atoms with Crippen LogP contribution >= 0.6 is 0 Å². The lowest BCUT2D eigenvalue weighted by Gasteiger charge is -2.13. The second-order valence-corrected chi connectivity index (χ2v) is 4.42. The number of nitrogens with zero attached hydrogens (tertiary/aromatic N) is 3. The number of hydrogen-bond donors (Lipinski definition) is 1. The van der Waals surface area contributed by atoms with Gasteiger partial charge >= 0.3 is 6.36 Å². The minimum atomic E-state index is -4.69. The second kappa shape index (κ2) is 6.13. The Morgan fingerprint density at radius 1 is 1.29 bits per heavy atom. The third kappa shape index (κ3) is 4.19. The topological polar surface area (TPSA) is 66.0 Å². The van der Waals surface area contributed by atoms with Crippen LogP contribution in [0.2, 0.25) is 0 Å². The molecule has 1 heterocycles. The number of nitrogens with two attached hydrogens (primary N) is 1. The number of rotatable bonds is 5. The number of aromatic nitrogens is 3. The number of halogens is 3. The Hall–Kier alpha value is -2.09. The van der Waals surface area contributed by atoms with E-state index in [0.29, 0.717) is 18.5 Å². The summed E-state index contributed by atoms with van der Waals surface area (Å²) in [5.74, 6) is 0.468. The van der Waals surface area contributed by atoms with Crippen LogP contribution in [0.4, 0.5) is 13.2 Å². The molecule has 0 fully saturated rings. The van der Waals surface area contributed by atoms with Crippen LogP contribution in [0.15, 0.2) is 30.6 Å². The van der Waals surface area contributed by atoms with Gasteiger partial charge < -0.3 is 10.5 Å². The van der Waals surface area contributed by atoms with Crippen LogP contribution in [0, 0.1) is 0 Å². The van der Waals surface area contributed by atoms with Crippen LogP contribution in [0.5, 0.6) is 5.75 Å². The molecule has 0 radical (unpaired) electrons. The molecule has 1 atom stereocenters. The van der Waals surface area contributed by atoms with Gasteiger partial charge in [-0.1, -0.05) is 12.1 Å². The van der Waals surface area contributed by atoms with E-state index in [4.69, 9.17) is 5.73 Å². The molecular formula is C13H15F3N4O. The van der Waals surface area contributed by atoms with Gasteiger partial charge in [0, 0.05) is 19.0 Å². The summed E-state index contributed by atoms with van der Waals surface area (Å²) in [6.45, 7) is 2.62. The van der Waals surface area contributed by atoms with Crippen LogP contribution < -0.4 is 10.5 Å². The van der Waals surface area contributed by atoms with Crippen LogP contribution in [0.3, 0.4) is 0 Å². The molecule has 1 unspecified atom stereocenters. The Morgan fingerprint density at radius 3 is 2.52 bits per heavy atom. The number of aryl methyl sites for hydroxylation is 1. The number of benzene rings is 1. The maximum atomic E-state index is 12.1. The van der Waals surface area contributed by atoms with Crippen molar-refractivity contribution >= 4 is 0 Å². The van der Waals surface area contributed by atoms with E-state index in [1.807, 2.05) is 6.92 Å². The first-order valence-electron chi connectivity index (χ1n) is 6.37. The van der Waals surface area contributed by atoms with Gasteiger partial charge in [-0.25, -0.2) is 4.98 Å². The molecule has 1 aromatic heterocycles. The second-order valence-electron chi connectivity index (χ2n) is 4.42. The zero-order valence-corrected chi connectivity index (χ0v) is 11.3. The molecule has 1 aromatic carbocycles. The molecule has 2 rings (SSSR count). The SMILES string of the molecule is CCn1ncnc1CC(N)c1ccc(OC(F)(F)F)cc1. The summed E-state index contributed by atoms with van der Waals surface area (Å²) >= 11 is 0. The number of hydrogen-bond acceptors (Lipinski definition) is 4. The Bertz CT molecular complexity index is 580. The average molecular weight is 300 g/mol. The van der Waals surface area contributed by atoms with E-state index < -0.39 is 6.36 Å². The minimum Gasteiger partial charge on any atom is -0.406 e. The summed E-state index contributed by atoms with van der Waals surface area (Å²) in [4.78, 5) is 4.12. The van der Waals surface area contributed by atoms with Gasteiger partial charge in [-0.3, -0.25) is 4.68 Å². The summed E-state index contributed by atoms with van der Waals surface area (Å²) in [7, 11) is 0. The maximum absolute atomic E-state index is 12.1. The highest BCUT2D eigenvalue weighted by atomic mass is 19.4. The standard InChI is InChI=1S/C13H15F3N4O/c1-2-20-12(18-8-19-20)7-11(17)9-3-5-10(6-4-9)21-13(14,15)16/h3-6,8,11H,2,7,17H2,1H3. The van der Waals surface area contributed by atoms with Crippen LogP contribution in [-0.2, 0) is 13.0 Å². The molecule has 114 valence electrons. The van der Waals surface area contributed by atoms with Gasteiger partial charge in [0.1, 0.15) is 17.9 Å². The monoisotopic (exact) mass is 300 g/mol. The quantitative estimate of drug-likeness (QED) is 0.921. The average Bonchev–Trinajstić information content (AvgIpc) is 2.85. The lowest BCUT2D eigenvalue weighted by molar-refractivity contribution is -0.274. The molecule has 0 saturated heterocycles. The Morgan fingerprint density at radius 2 is 1.95 bits per heavy atom. The van der Waals surface area contributed by atoms with E-state index in [-0.39, 0.29) is 11.8 Å². The van der Waals surface area contributed by atoms with E-state index in [0.717, 1.165) is 5.82 Å². The predicted molar refractivity (Wildman–Crippen MR) is 69.5 cm³/mol. The molecule has 0 spiro atoms. The molecule has 2 N–H and O–H groups in total. The van der Waals surface area contributed by atoms with Crippen molar-refractivity contribution in [2.75, 3.05) is 0 Å². The molecule has 8 heteroatoms. The van der Waals surface area contributed by atoms with Crippen molar-refractivity contribution in [3.8, 4) is 5.75 Å². The maximum Gasteiger partial charge on any atom is 0.573 e. The molecule has 0 saturated carbocycles. The Balaban J connectivity index is 2.04. The minimum absolute atomic E-state index is 0.268. The Kier molecular flexibility index (Phi) is 4.46. The van der Waals surface area contributed by atoms with Crippen molar-refractivity contribution in [2.45, 2.75) is 32.3 Å². The summed E-state index contributed by atoms with van der Waals surface area (Å²) in [6, 6.07) is 5.14. The molecular weight excluding hydrogens is 285 g/mol. The summed E-state index contributed by atoms with van der Waals surface area (Å²) in [6.07, 6.45) is -2.79. The highest BCUT2D eigenvalue weighted by molar-refractivity contribution is 5.29. The van der Waals surface area contributed by atoms with Crippen LogP contribution in [0.1, 0.15) is 24.4 Å². The summed E-state index contributed by atoms with van der Waals surface area (Å²) in [5, 5.41) is 4.04.